The second-order valence-corrected chi connectivity index (χ2v) is 5.52. The van der Waals surface area contributed by atoms with Crippen molar-refractivity contribution in [3.05, 3.63) is 41.9 Å². The number of anilines is 1. The van der Waals surface area contributed by atoms with E-state index < -0.39 is 0 Å². The number of hydrogen-bond acceptors (Lipinski definition) is 3. The molecule has 0 atom stereocenters. The van der Waals surface area contributed by atoms with Crippen molar-refractivity contribution in [1.29, 1.82) is 0 Å². The Balaban J connectivity index is 2.01. The zero-order valence-corrected chi connectivity index (χ0v) is 11.5. The van der Waals surface area contributed by atoms with Crippen LogP contribution in [0.25, 0.3) is 22.2 Å². The zero-order valence-electron chi connectivity index (χ0n) is 10.8. The molecule has 0 bridgehead atoms. The Morgan fingerprint density at radius 1 is 1.15 bits per heavy atom. The maximum atomic E-state index is 6.29. The van der Waals surface area contributed by atoms with Crippen LogP contribution >= 0.6 is 11.6 Å². The van der Waals surface area contributed by atoms with Crippen molar-refractivity contribution in [3.63, 3.8) is 0 Å². The Labute approximate surface area is 121 Å². The maximum absolute atomic E-state index is 6.29. The van der Waals surface area contributed by atoms with Crippen molar-refractivity contribution in [2.45, 2.75) is 18.9 Å². The number of nitrogen functional groups attached to an aromatic ring is 1. The molecule has 1 aromatic carbocycles. The highest BCUT2D eigenvalue weighted by molar-refractivity contribution is 6.35. The minimum atomic E-state index is 0.501. The highest BCUT2D eigenvalue weighted by Crippen LogP contribution is 2.42. The molecule has 20 heavy (non-hydrogen) atoms. The average molecular weight is 285 g/mol. The summed E-state index contributed by atoms with van der Waals surface area (Å²) in [5.41, 5.74) is 9.57. The third kappa shape index (κ3) is 1.76. The van der Waals surface area contributed by atoms with E-state index in [1.165, 1.54) is 19.2 Å². The second kappa shape index (κ2) is 4.21. The largest absolute Gasteiger partial charge is 0.399 e. The van der Waals surface area contributed by atoms with Crippen molar-refractivity contribution in [2.24, 2.45) is 0 Å². The van der Waals surface area contributed by atoms with E-state index in [1.807, 2.05) is 24.3 Å². The van der Waals surface area contributed by atoms with Crippen LogP contribution in [0, 0.1) is 0 Å². The lowest BCUT2D eigenvalue weighted by molar-refractivity contribution is 0.766. The highest BCUT2D eigenvalue weighted by atomic mass is 35.5. The number of nitrogens with two attached hydrogens (primary N) is 1. The van der Waals surface area contributed by atoms with Gasteiger partial charge in [0.15, 0.2) is 0 Å². The molecule has 2 aromatic heterocycles. The molecule has 100 valence electrons. The van der Waals surface area contributed by atoms with Gasteiger partial charge in [0, 0.05) is 23.5 Å². The van der Waals surface area contributed by atoms with E-state index in [0.717, 1.165) is 27.8 Å². The van der Waals surface area contributed by atoms with Gasteiger partial charge in [-0.3, -0.25) is 0 Å². The van der Waals surface area contributed by atoms with E-state index in [-0.39, 0.29) is 0 Å². The number of nitrogens with zero attached hydrogens (tertiary/aromatic N) is 3. The summed E-state index contributed by atoms with van der Waals surface area (Å²) in [6.45, 7) is 0. The number of aromatic nitrogens is 3. The Morgan fingerprint density at radius 3 is 2.60 bits per heavy atom. The van der Waals surface area contributed by atoms with Crippen LogP contribution in [0.2, 0.25) is 5.15 Å². The van der Waals surface area contributed by atoms with Gasteiger partial charge < -0.3 is 10.3 Å². The van der Waals surface area contributed by atoms with E-state index >= 15 is 0 Å². The van der Waals surface area contributed by atoms with Crippen molar-refractivity contribution >= 4 is 28.3 Å². The minimum absolute atomic E-state index is 0.501. The van der Waals surface area contributed by atoms with Crippen LogP contribution in [0.4, 0.5) is 5.69 Å². The number of rotatable bonds is 2. The fourth-order valence-corrected chi connectivity index (χ4v) is 2.79. The van der Waals surface area contributed by atoms with Gasteiger partial charge in [-0.1, -0.05) is 23.7 Å². The molecule has 1 saturated carbocycles. The van der Waals surface area contributed by atoms with Gasteiger partial charge in [-0.25, -0.2) is 9.97 Å². The summed E-state index contributed by atoms with van der Waals surface area (Å²) in [4.78, 5) is 8.53. The first kappa shape index (κ1) is 11.7. The third-order valence-corrected chi connectivity index (χ3v) is 4.01. The third-order valence-electron chi connectivity index (χ3n) is 3.73. The van der Waals surface area contributed by atoms with Gasteiger partial charge in [0.1, 0.15) is 17.1 Å². The van der Waals surface area contributed by atoms with Crippen LogP contribution in [0.1, 0.15) is 18.9 Å². The van der Waals surface area contributed by atoms with Gasteiger partial charge in [-0.15, -0.1) is 0 Å². The minimum Gasteiger partial charge on any atom is -0.399 e. The van der Waals surface area contributed by atoms with E-state index in [2.05, 4.69) is 20.7 Å². The molecule has 1 aliphatic carbocycles. The van der Waals surface area contributed by atoms with Crippen LogP contribution < -0.4 is 5.73 Å². The van der Waals surface area contributed by atoms with Crippen LogP contribution in [-0.2, 0) is 0 Å². The molecule has 3 aromatic rings. The van der Waals surface area contributed by atoms with Crippen molar-refractivity contribution in [2.75, 3.05) is 5.73 Å². The molecule has 0 amide bonds. The maximum Gasteiger partial charge on any atom is 0.145 e. The van der Waals surface area contributed by atoms with Gasteiger partial charge in [-0.05, 0) is 30.5 Å². The topological polar surface area (TPSA) is 56.7 Å². The molecule has 0 spiro atoms. The summed E-state index contributed by atoms with van der Waals surface area (Å²) >= 11 is 6.29. The molecule has 2 heterocycles. The van der Waals surface area contributed by atoms with Gasteiger partial charge in [0.05, 0.1) is 5.39 Å². The van der Waals surface area contributed by atoms with Crippen LogP contribution in [0.5, 0.6) is 0 Å². The molecule has 4 nitrogen and oxygen atoms in total. The fourth-order valence-electron chi connectivity index (χ4n) is 2.56. The van der Waals surface area contributed by atoms with Crippen molar-refractivity contribution < 1.29 is 0 Å². The van der Waals surface area contributed by atoms with E-state index in [0.29, 0.717) is 11.2 Å². The van der Waals surface area contributed by atoms with E-state index in [9.17, 15) is 0 Å². The normalized spacial score (nSPS) is 14.8. The molecule has 5 heteroatoms. The molecule has 2 N–H and O–H groups in total. The first-order valence-electron chi connectivity index (χ1n) is 6.61. The Kier molecular flexibility index (Phi) is 2.47. The quantitative estimate of drug-likeness (QED) is 0.577. The predicted octanol–water partition coefficient (Wildman–Crippen LogP) is 3.67. The molecule has 0 saturated heterocycles. The molecular weight excluding hydrogens is 272 g/mol. The van der Waals surface area contributed by atoms with Gasteiger partial charge in [0.25, 0.3) is 0 Å². The SMILES string of the molecule is Nc1ccc(-c2cn(C3CC3)c3ncnc(Cl)c23)cc1. The fraction of sp³-hybridized carbons (Fsp3) is 0.200. The highest BCUT2D eigenvalue weighted by Gasteiger charge is 2.27. The molecule has 4 rings (SSSR count). The summed E-state index contributed by atoms with van der Waals surface area (Å²) in [6, 6.07) is 8.35. The molecule has 1 fully saturated rings. The van der Waals surface area contributed by atoms with Crippen LogP contribution in [-0.4, -0.2) is 14.5 Å². The van der Waals surface area contributed by atoms with Crippen molar-refractivity contribution in [1.82, 2.24) is 14.5 Å². The second-order valence-electron chi connectivity index (χ2n) is 5.17. The lowest BCUT2D eigenvalue weighted by Crippen LogP contribution is -1.93. The Bertz CT molecular complexity index is 787. The molecule has 0 unspecified atom stereocenters. The van der Waals surface area contributed by atoms with Gasteiger partial charge >= 0.3 is 0 Å². The van der Waals surface area contributed by atoms with Crippen LogP contribution in [0.15, 0.2) is 36.8 Å². The first-order valence-corrected chi connectivity index (χ1v) is 6.99. The van der Waals surface area contributed by atoms with Gasteiger partial charge in [-0.2, -0.15) is 0 Å². The Morgan fingerprint density at radius 2 is 1.90 bits per heavy atom. The van der Waals surface area contributed by atoms with Gasteiger partial charge in [0.2, 0.25) is 0 Å². The molecule has 0 radical (unpaired) electrons. The summed E-state index contributed by atoms with van der Waals surface area (Å²) in [5, 5.41) is 1.42. The van der Waals surface area contributed by atoms with E-state index in [4.69, 9.17) is 17.3 Å². The zero-order chi connectivity index (χ0) is 13.7. The number of hydrogen-bond donors (Lipinski definition) is 1. The summed E-state index contributed by atoms with van der Waals surface area (Å²) in [5.74, 6) is 0. The number of fused-ring (bicyclic) bond motifs is 1. The first-order chi connectivity index (χ1) is 9.74. The van der Waals surface area contributed by atoms with Crippen molar-refractivity contribution in [3.8, 4) is 11.1 Å². The van der Waals surface area contributed by atoms with Crippen LogP contribution in [0.3, 0.4) is 0 Å². The predicted molar refractivity (Wildman–Crippen MR) is 80.7 cm³/mol. The summed E-state index contributed by atoms with van der Waals surface area (Å²) < 4.78 is 2.22. The monoisotopic (exact) mass is 284 g/mol. The number of benzene rings is 1. The molecular formula is C15H13ClN4. The lowest BCUT2D eigenvalue weighted by Gasteiger charge is -2.01. The van der Waals surface area contributed by atoms with E-state index in [1.54, 1.807) is 0 Å². The molecule has 0 aliphatic heterocycles. The standard InChI is InChI=1S/C15H13ClN4/c16-14-13-12(9-1-3-10(17)4-2-9)7-20(11-5-6-11)15(13)19-8-18-14/h1-4,7-8,11H,5-6,17H2. The smallest absolute Gasteiger partial charge is 0.145 e. The average Bonchev–Trinajstić information content (AvgIpc) is 3.21. The lowest BCUT2D eigenvalue weighted by atomic mass is 10.1. The summed E-state index contributed by atoms with van der Waals surface area (Å²) in [6.07, 6.45) is 6.06. The molecule has 1 aliphatic rings. The Hall–Kier alpha value is -2.07. The number of halogens is 1. The summed E-state index contributed by atoms with van der Waals surface area (Å²) in [7, 11) is 0.